The number of nitrogens with zero attached hydrogens (tertiary/aromatic N) is 3. The van der Waals surface area contributed by atoms with Crippen LogP contribution in [0, 0.1) is 0 Å². The molecule has 1 unspecified atom stereocenters. The smallest absolute Gasteiger partial charge is 0.155 e. The van der Waals surface area contributed by atoms with Crippen LogP contribution in [0.4, 0.5) is 14.6 Å². The minimum atomic E-state index is -1.65. The van der Waals surface area contributed by atoms with Crippen molar-refractivity contribution in [1.29, 1.82) is 0 Å². The molecule has 1 rings (SSSR count). The van der Waals surface area contributed by atoms with Gasteiger partial charge >= 0.3 is 0 Å². The first-order valence-corrected chi connectivity index (χ1v) is 5.40. The molecule has 1 atom stereocenters. The third-order valence-electron chi connectivity index (χ3n) is 1.76. The predicted octanol–water partition coefficient (Wildman–Crippen LogP) is 3.05. The summed E-state index contributed by atoms with van der Waals surface area (Å²) in [6.07, 6.45) is 1.31. The van der Waals surface area contributed by atoms with E-state index in [0.717, 1.165) is 0 Å². The molecule has 0 aliphatic rings. The summed E-state index contributed by atoms with van der Waals surface area (Å²) in [7, 11) is 3.62. The van der Waals surface area contributed by atoms with Crippen LogP contribution in [-0.4, -0.2) is 37.0 Å². The Hall–Kier alpha value is -1.04. The molecule has 0 saturated carbocycles. The SMILES string of the molecule is CN(C)C=Nc1cc(C(F)CF)c(Br)cn1. The zero-order valence-corrected chi connectivity index (χ0v) is 10.6. The van der Waals surface area contributed by atoms with Gasteiger partial charge in [-0.3, -0.25) is 0 Å². The summed E-state index contributed by atoms with van der Waals surface area (Å²) >= 11 is 3.12. The molecule has 0 aliphatic heterocycles. The molecule has 3 nitrogen and oxygen atoms in total. The third kappa shape index (κ3) is 3.52. The monoisotopic (exact) mass is 291 g/mol. The molecule has 0 spiro atoms. The molecule has 0 aliphatic carbocycles. The van der Waals surface area contributed by atoms with Gasteiger partial charge in [-0.25, -0.2) is 18.8 Å². The van der Waals surface area contributed by atoms with Crippen LogP contribution in [0.15, 0.2) is 21.7 Å². The first kappa shape index (κ1) is 13.0. The van der Waals surface area contributed by atoms with E-state index in [1.807, 2.05) is 14.1 Å². The van der Waals surface area contributed by atoms with Crippen LogP contribution >= 0.6 is 15.9 Å². The van der Waals surface area contributed by atoms with Crippen LogP contribution in [0.2, 0.25) is 0 Å². The molecule has 0 amide bonds. The molecule has 1 aromatic heterocycles. The van der Waals surface area contributed by atoms with Crippen LogP contribution in [0.25, 0.3) is 0 Å². The second-order valence-corrected chi connectivity index (χ2v) is 4.25. The number of halogens is 3. The van der Waals surface area contributed by atoms with E-state index in [-0.39, 0.29) is 5.56 Å². The van der Waals surface area contributed by atoms with Gasteiger partial charge in [0, 0.05) is 30.3 Å². The Bertz CT molecular complexity index is 382. The van der Waals surface area contributed by atoms with E-state index in [1.165, 1.54) is 12.3 Å². The van der Waals surface area contributed by atoms with E-state index in [0.29, 0.717) is 10.3 Å². The van der Waals surface area contributed by atoms with Crippen molar-refractivity contribution < 1.29 is 8.78 Å². The molecule has 16 heavy (non-hydrogen) atoms. The highest BCUT2D eigenvalue weighted by Crippen LogP contribution is 2.28. The lowest BCUT2D eigenvalue weighted by atomic mass is 10.2. The molecule has 0 N–H and O–H groups in total. The lowest BCUT2D eigenvalue weighted by Crippen LogP contribution is -2.07. The first-order valence-electron chi connectivity index (χ1n) is 4.60. The van der Waals surface area contributed by atoms with Gasteiger partial charge in [0.2, 0.25) is 0 Å². The van der Waals surface area contributed by atoms with Crippen molar-refractivity contribution in [2.75, 3.05) is 20.8 Å². The Labute approximate surface area is 101 Å². The number of hydrogen-bond acceptors (Lipinski definition) is 2. The topological polar surface area (TPSA) is 28.5 Å². The molecule has 0 bridgehead atoms. The van der Waals surface area contributed by atoms with Crippen molar-refractivity contribution in [1.82, 2.24) is 9.88 Å². The molecule has 0 fully saturated rings. The minimum Gasteiger partial charge on any atom is -0.369 e. The first-order chi connectivity index (χ1) is 7.54. The molecule has 1 aromatic rings. The summed E-state index contributed by atoms with van der Waals surface area (Å²) in [6, 6.07) is 1.42. The van der Waals surface area contributed by atoms with Gasteiger partial charge in [-0.15, -0.1) is 0 Å². The highest BCUT2D eigenvalue weighted by atomic mass is 79.9. The molecule has 0 aromatic carbocycles. The largest absolute Gasteiger partial charge is 0.369 e. The Balaban J connectivity index is 2.98. The Morgan fingerprint density at radius 1 is 1.62 bits per heavy atom. The molecule has 0 saturated heterocycles. The molecule has 6 heteroatoms. The van der Waals surface area contributed by atoms with Crippen molar-refractivity contribution in [3.8, 4) is 0 Å². The number of hydrogen-bond donors (Lipinski definition) is 0. The van der Waals surface area contributed by atoms with Crippen molar-refractivity contribution in [2.45, 2.75) is 6.17 Å². The van der Waals surface area contributed by atoms with Gasteiger partial charge in [-0.2, -0.15) is 0 Å². The van der Waals surface area contributed by atoms with Crippen molar-refractivity contribution in [3.05, 3.63) is 22.3 Å². The third-order valence-corrected chi connectivity index (χ3v) is 2.43. The Morgan fingerprint density at radius 2 is 2.31 bits per heavy atom. The minimum absolute atomic E-state index is 0.225. The number of pyridine rings is 1. The molecule has 1 heterocycles. The summed E-state index contributed by atoms with van der Waals surface area (Å²) in [6.45, 7) is -1.06. The van der Waals surface area contributed by atoms with E-state index in [2.05, 4.69) is 25.9 Å². The highest BCUT2D eigenvalue weighted by molar-refractivity contribution is 9.10. The van der Waals surface area contributed by atoms with E-state index in [1.54, 1.807) is 11.2 Å². The quantitative estimate of drug-likeness (QED) is 0.630. The van der Waals surface area contributed by atoms with Crippen molar-refractivity contribution >= 4 is 28.1 Å². The summed E-state index contributed by atoms with van der Waals surface area (Å²) in [4.78, 5) is 9.70. The Morgan fingerprint density at radius 3 is 2.88 bits per heavy atom. The Kier molecular flexibility index (Phi) is 4.79. The second kappa shape index (κ2) is 5.89. The maximum Gasteiger partial charge on any atom is 0.155 e. The fourth-order valence-corrected chi connectivity index (χ4v) is 1.48. The van der Waals surface area contributed by atoms with E-state index >= 15 is 0 Å². The lowest BCUT2D eigenvalue weighted by molar-refractivity contribution is 0.265. The zero-order chi connectivity index (χ0) is 12.1. The van der Waals surface area contributed by atoms with Gasteiger partial charge in [0.25, 0.3) is 0 Å². The number of rotatable bonds is 4. The van der Waals surface area contributed by atoms with Crippen LogP contribution in [0.3, 0.4) is 0 Å². The van der Waals surface area contributed by atoms with E-state index < -0.39 is 12.8 Å². The van der Waals surface area contributed by atoms with E-state index in [9.17, 15) is 8.78 Å². The number of aromatic nitrogens is 1. The van der Waals surface area contributed by atoms with Crippen LogP contribution < -0.4 is 0 Å². The molecular weight excluding hydrogens is 280 g/mol. The van der Waals surface area contributed by atoms with Crippen molar-refractivity contribution in [3.63, 3.8) is 0 Å². The summed E-state index contributed by atoms with van der Waals surface area (Å²) in [5, 5.41) is 0. The van der Waals surface area contributed by atoms with Gasteiger partial charge in [-0.05, 0) is 22.0 Å². The zero-order valence-electron chi connectivity index (χ0n) is 8.99. The van der Waals surface area contributed by atoms with Crippen LogP contribution in [-0.2, 0) is 0 Å². The average molecular weight is 292 g/mol. The van der Waals surface area contributed by atoms with Crippen molar-refractivity contribution in [2.24, 2.45) is 4.99 Å². The standard InChI is InChI=1S/C10H12BrF2N3/c1-16(2)6-15-10-3-7(9(13)4-12)8(11)5-14-10/h3,5-6,9H,4H2,1-2H3. The highest BCUT2D eigenvalue weighted by Gasteiger charge is 2.14. The normalized spacial score (nSPS) is 13.1. The van der Waals surface area contributed by atoms with Crippen LogP contribution in [0.5, 0.6) is 0 Å². The fraction of sp³-hybridized carbons (Fsp3) is 0.400. The van der Waals surface area contributed by atoms with Crippen LogP contribution in [0.1, 0.15) is 11.7 Å². The maximum absolute atomic E-state index is 13.2. The second-order valence-electron chi connectivity index (χ2n) is 3.39. The molecular formula is C10H12BrF2N3. The van der Waals surface area contributed by atoms with Gasteiger partial charge < -0.3 is 4.90 Å². The van der Waals surface area contributed by atoms with Gasteiger partial charge in [0.05, 0.1) is 6.34 Å². The summed E-state index contributed by atoms with van der Waals surface area (Å²) < 4.78 is 25.9. The van der Waals surface area contributed by atoms with Gasteiger partial charge in [0.1, 0.15) is 6.67 Å². The number of aliphatic imine (C=N–C) groups is 1. The number of alkyl halides is 2. The van der Waals surface area contributed by atoms with Gasteiger partial charge in [-0.1, -0.05) is 0 Å². The summed E-state index contributed by atoms with van der Waals surface area (Å²) in [5.41, 5.74) is 0.225. The fourth-order valence-electron chi connectivity index (χ4n) is 1.01. The predicted molar refractivity (Wildman–Crippen MR) is 63.6 cm³/mol. The van der Waals surface area contributed by atoms with Gasteiger partial charge in [0.15, 0.2) is 12.0 Å². The maximum atomic E-state index is 13.2. The van der Waals surface area contributed by atoms with E-state index in [4.69, 9.17) is 0 Å². The molecule has 88 valence electrons. The average Bonchev–Trinajstić information content (AvgIpc) is 2.27. The molecule has 0 radical (unpaired) electrons. The lowest BCUT2D eigenvalue weighted by Gasteiger charge is -2.07. The summed E-state index contributed by atoms with van der Waals surface area (Å²) in [5.74, 6) is 0.350.